The number of rotatable bonds is 10. The van der Waals surface area contributed by atoms with E-state index >= 15 is 0 Å². The van der Waals surface area contributed by atoms with Crippen molar-refractivity contribution in [1.29, 1.82) is 0 Å². The molecule has 44 heavy (non-hydrogen) atoms. The Kier molecular flexibility index (Phi) is 61.8. The summed E-state index contributed by atoms with van der Waals surface area (Å²) in [4.78, 5) is 59.0. The SMILES string of the molecule is CCC(=O)O.CCC(=O)O.CCC(=O)O.CCC(=O)O.CCC(CO)(CO)CO.NCCN.O=P(Cl)(Cl)OCl.O=P(O)(O)O. The second kappa shape index (κ2) is 44.0. The quantitative estimate of drug-likeness (QED) is 0.142. The molecule has 24 heteroatoms. The maximum Gasteiger partial charge on any atom is 0.466 e. The van der Waals surface area contributed by atoms with Gasteiger partial charge in [0.05, 0.1) is 31.7 Å². The van der Waals surface area contributed by atoms with E-state index in [1.165, 1.54) is 0 Å². The van der Waals surface area contributed by atoms with Crippen LogP contribution >= 0.6 is 48.2 Å². The Morgan fingerprint density at radius 1 is 0.636 bits per heavy atom. The van der Waals surface area contributed by atoms with Gasteiger partial charge in [0.2, 0.25) is 0 Å². The van der Waals surface area contributed by atoms with Crippen LogP contribution in [0, 0.1) is 5.41 Å². The van der Waals surface area contributed by atoms with Gasteiger partial charge in [0.25, 0.3) is 0 Å². The molecule has 0 saturated heterocycles. The highest BCUT2D eigenvalue weighted by molar-refractivity contribution is 8.05. The highest BCUT2D eigenvalue weighted by Crippen LogP contribution is 2.58. The summed E-state index contributed by atoms with van der Waals surface area (Å²) in [7, 11) is -4.64. The van der Waals surface area contributed by atoms with Crippen LogP contribution in [-0.4, -0.2) is 107 Å². The Bertz CT molecular complexity index is 669. The van der Waals surface area contributed by atoms with Crippen LogP contribution in [0.1, 0.15) is 66.7 Å². The first-order chi connectivity index (χ1) is 19.8. The van der Waals surface area contributed by atoms with E-state index in [2.05, 4.69) is 38.4 Å². The molecule has 0 aliphatic rings. The summed E-state index contributed by atoms with van der Waals surface area (Å²) in [5, 5.41) is 56.9. The van der Waals surface area contributed by atoms with Gasteiger partial charge in [0.1, 0.15) is 0 Å². The summed E-state index contributed by atoms with van der Waals surface area (Å²) in [5.41, 5.74) is 9.14. The number of aliphatic hydroxyl groups excluding tert-OH is 3. The predicted molar refractivity (Wildman–Crippen MR) is 164 cm³/mol. The number of hydrogen-bond donors (Lipinski definition) is 12. The molecule has 0 fully saturated rings. The van der Waals surface area contributed by atoms with Gasteiger partial charge < -0.3 is 61.9 Å². The van der Waals surface area contributed by atoms with Gasteiger partial charge >= 0.3 is 37.8 Å². The molecule has 0 bridgehead atoms. The molecule has 0 saturated carbocycles. The molecule has 0 aromatic heterocycles. The fraction of sp³-hybridized carbons (Fsp3) is 0.800. The Labute approximate surface area is 271 Å². The zero-order valence-corrected chi connectivity index (χ0v) is 29.1. The molecule has 0 aliphatic carbocycles. The molecular formula is C20H49Cl3N2O17P2. The van der Waals surface area contributed by atoms with E-state index < -0.39 is 43.2 Å². The number of hydrogen-bond acceptors (Lipinski definition) is 12. The molecule has 0 aromatic rings. The van der Waals surface area contributed by atoms with Crippen molar-refractivity contribution in [3.05, 3.63) is 0 Å². The second-order valence-electron chi connectivity index (χ2n) is 6.89. The summed E-state index contributed by atoms with van der Waals surface area (Å²) < 4.78 is 22.1. The van der Waals surface area contributed by atoms with E-state index in [1.807, 2.05) is 6.92 Å². The lowest BCUT2D eigenvalue weighted by Crippen LogP contribution is -2.32. The van der Waals surface area contributed by atoms with E-state index in [0.717, 1.165) is 0 Å². The van der Waals surface area contributed by atoms with Gasteiger partial charge in [-0.05, 0) is 28.9 Å². The molecule has 272 valence electrons. The van der Waals surface area contributed by atoms with Gasteiger partial charge in [-0.3, -0.25) is 23.7 Å². The molecule has 0 amide bonds. The first kappa shape index (κ1) is 61.8. The minimum atomic E-state index is -4.64. The van der Waals surface area contributed by atoms with Crippen LogP contribution in [0.15, 0.2) is 0 Å². The number of aliphatic carboxylic acids is 4. The van der Waals surface area contributed by atoms with Gasteiger partial charge in [0, 0.05) is 44.2 Å². The van der Waals surface area contributed by atoms with Crippen LogP contribution in [0.4, 0.5) is 0 Å². The number of nitrogens with two attached hydrogens (primary N) is 2. The molecule has 0 heterocycles. The topological polar surface area (TPSA) is 366 Å². The molecular weight excluding hydrogens is 709 g/mol. The van der Waals surface area contributed by atoms with Crippen molar-refractivity contribution < 1.29 is 82.8 Å². The number of carboxylic acids is 4. The van der Waals surface area contributed by atoms with Crippen LogP contribution in [0.25, 0.3) is 0 Å². The lowest BCUT2D eigenvalue weighted by molar-refractivity contribution is -0.137. The molecule has 0 unspecified atom stereocenters. The van der Waals surface area contributed by atoms with E-state index in [9.17, 15) is 23.7 Å². The smallest absolute Gasteiger partial charge is 0.466 e. The minimum Gasteiger partial charge on any atom is -0.481 e. The maximum absolute atomic E-state index is 9.76. The van der Waals surface area contributed by atoms with Gasteiger partial charge in [0.15, 0.2) is 0 Å². The average molecular weight is 758 g/mol. The van der Waals surface area contributed by atoms with E-state index in [0.29, 0.717) is 19.5 Å². The highest BCUT2D eigenvalue weighted by atomic mass is 35.9. The van der Waals surface area contributed by atoms with E-state index in [4.69, 9.17) is 66.5 Å². The van der Waals surface area contributed by atoms with Gasteiger partial charge in [-0.15, -0.1) is 0 Å². The zero-order chi connectivity index (χ0) is 37.6. The monoisotopic (exact) mass is 756 g/mol. The molecule has 14 N–H and O–H groups in total. The summed E-state index contributed by atoms with van der Waals surface area (Å²) in [6, 6.07) is 0. The van der Waals surface area contributed by atoms with Crippen molar-refractivity contribution in [3.63, 3.8) is 0 Å². The Balaban J connectivity index is -0.0000000569. The third kappa shape index (κ3) is 124. The third-order valence-corrected chi connectivity index (χ3v) is 4.79. The fourth-order valence-corrected chi connectivity index (χ4v) is 0.485. The second-order valence-corrected chi connectivity index (χ2v) is 12.5. The first-order valence-electron chi connectivity index (χ1n) is 12.0. The number of aliphatic hydroxyl groups is 3. The van der Waals surface area contributed by atoms with Crippen molar-refractivity contribution in [2.24, 2.45) is 16.9 Å². The van der Waals surface area contributed by atoms with Crippen LogP contribution in [0.5, 0.6) is 0 Å². The maximum atomic E-state index is 9.76. The van der Waals surface area contributed by atoms with Crippen molar-refractivity contribution in [2.75, 3.05) is 32.9 Å². The van der Waals surface area contributed by atoms with Gasteiger partial charge in [-0.25, -0.2) is 4.57 Å². The minimum absolute atomic E-state index is 0.156. The predicted octanol–water partition coefficient (Wildman–Crippen LogP) is 2.00. The van der Waals surface area contributed by atoms with Crippen LogP contribution < -0.4 is 11.5 Å². The largest absolute Gasteiger partial charge is 0.481 e. The number of phosphoric acid groups is 1. The molecule has 0 aliphatic heterocycles. The van der Waals surface area contributed by atoms with Gasteiger partial charge in [-0.1, -0.05) is 34.6 Å². The highest BCUT2D eigenvalue weighted by Gasteiger charge is 2.24. The number of carbonyl (C=O) groups is 4. The molecule has 0 aromatic carbocycles. The summed E-state index contributed by atoms with van der Waals surface area (Å²) in [6.45, 7) is 8.95. The van der Waals surface area contributed by atoms with E-state index in [1.54, 1.807) is 27.7 Å². The summed E-state index contributed by atoms with van der Waals surface area (Å²) in [6.07, 6.45) is -1.95. The zero-order valence-electron chi connectivity index (χ0n) is 25.1. The Morgan fingerprint density at radius 2 is 0.773 bits per heavy atom. The number of halogens is 3. The summed E-state index contributed by atoms with van der Waals surface area (Å²) >= 11 is 13.8. The van der Waals surface area contributed by atoms with E-state index in [-0.39, 0.29) is 45.5 Å². The van der Waals surface area contributed by atoms with Gasteiger partial charge in [-0.2, -0.15) is 4.08 Å². The standard InChI is InChI=1S/C6H14O3.4C3H6O2.C2H8N2.Cl3O2P.H3O4P/c1-2-6(3-7,4-8)5-9;4*1-2-3(4)5;3-1-2-4;1-5-6(2,3)4;1-5(2,3)4/h7-9H,2-5H2,1H3;4*2H2,1H3,(H,4,5);1-4H2;;(H3,1,2,3,4). The molecule has 0 rings (SSSR count). The Morgan fingerprint density at radius 3 is 0.773 bits per heavy atom. The third-order valence-electron chi connectivity index (χ3n) is 3.21. The fourth-order valence-electron chi connectivity index (χ4n) is 0.485. The molecule has 19 nitrogen and oxygen atoms in total. The van der Waals surface area contributed by atoms with Crippen molar-refractivity contribution >= 4 is 72.1 Å². The van der Waals surface area contributed by atoms with Crippen molar-refractivity contribution in [2.45, 2.75) is 66.7 Å². The summed E-state index contributed by atoms with van der Waals surface area (Å²) in [5.74, 6) is -2.98. The van der Waals surface area contributed by atoms with Crippen molar-refractivity contribution in [1.82, 2.24) is 0 Å². The molecule has 0 atom stereocenters. The van der Waals surface area contributed by atoms with Crippen molar-refractivity contribution in [3.8, 4) is 0 Å². The van der Waals surface area contributed by atoms with Crippen LogP contribution in [0.3, 0.4) is 0 Å². The lowest BCUT2D eigenvalue weighted by atomic mass is 9.88. The first-order valence-corrected chi connectivity index (χ1v) is 17.3. The normalized spacial score (nSPS) is 9.45. The molecule has 0 spiro atoms. The lowest BCUT2D eigenvalue weighted by Gasteiger charge is -2.24. The number of carboxylic acid groups (broad SMARTS) is 4. The Hall–Kier alpha value is -1.15. The molecule has 0 radical (unpaired) electrons. The average Bonchev–Trinajstić information content (AvgIpc) is 2.95. The van der Waals surface area contributed by atoms with Crippen LogP contribution in [0.2, 0.25) is 0 Å². The van der Waals surface area contributed by atoms with Crippen LogP contribution in [-0.2, 0) is 32.4 Å².